The molecule has 11 nitrogen and oxygen atoms in total. The molecule has 2 heterocycles. The van der Waals surface area contributed by atoms with Gasteiger partial charge < -0.3 is 20.1 Å². The van der Waals surface area contributed by atoms with Gasteiger partial charge in [0.1, 0.15) is 23.9 Å². The average molecular weight is 303 g/mol. The van der Waals surface area contributed by atoms with E-state index in [1.165, 1.54) is 5.48 Å². The Morgan fingerprint density at radius 1 is 1.38 bits per heavy atom. The van der Waals surface area contributed by atoms with E-state index < -0.39 is 53.9 Å². The number of hydrogen-bond donors (Lipinski definition) is 6. The highest BCUT2D eigenvalue weighted by Crippen LogP contribution is 2.27. The van der Waals surface area contributed by atoms with Crippen LogP contribution in [0.1, 0.15) is 16.6 Å². The van der Waals surface area contributed by atoms with Crippen molar-refractivity contribution in [2.45, 2.75) is 24.5 Å². The summed E-state index contributed by atoms with van der Waals surface area (Å²) in [5.74, 6) is -1.17. The van der Waals surface area contributed by atoms with Crippen molar-refractivity contribution in [3.63, 3.8) is 0 Å². The molecule has 0 aliphatic carbocycles. The van der Waals surface area contributed by atoms with Crippen LogP contribution < -0.4 is 16.7 Å². The van der Waals surface area contributed by atoms with Gasteiger partial charge in [0.25, 0.3) is 11.5 Å². The van der Waals surface area contributed by atoms with Gasteiger partial charge >= 0.3 is 5.69 Å². The summed E-state index contributed by atoms with van der Waals surface area (Å²) >= 11 is 0. The van der Waals surface area contributed by atoms with Crippen LogP contribution in [0, 0.1) is 0 Å². The molecule has 116 valence electrons. The third-order valence-electron chi connectivity index (χ3n) is 3.11. The predicted molar refractivity (Wildman–Crippen MR) is 63.6 cm³/mol. The van der Waals surface area contributed by atoms with Gasteiger partial charge in [-0.2, -0.15) is 0 Å². The summed E-state index contributed by atoms with van der Waals surface area (Å²) in [6.07, 6.45) is -4.77. The monoisotopic (exact) mass is 303 g/mol. The van der Waals surface area contributed by atoms with Crippen LogP contribution in [0.3, 0.4) is 0 Å². The van der Waals surface area contributed by atoms with Crippen molar-refractivity contribution in [2.24, 2.45) is 0 Å². The zero-order chi connectivity index (χ0) is 15.7. The Bertz CT molecular complexity index is 652. The van der Waals surface area contributed by atoms with E-state index in [9.17, 15) is 24.6 Å². The molecule has 1 aliphatic rings. The number of H-pyrrole nitrogens is 1. The molecule has 1 fully saturated rings. The topological polar surface area (TPSA) is 174 Å². The van der Waals surface area contributed by atoms with Crippen molar-refractivity contribution in [3.05, 3.63) is 32.6 Å². The SMILES string of the molecule is O=C(NO)c1cn([C@@H]2O[C@H](CO)[C@@H](O)[C@H]2O)c(=O)[nH]c1=O. The summed E-state index contributed by atoms with van der Waals surface area (Å²) in [7, 11) is 0. The molecule has 21 heavy (non-hydrogen) atoms. The number of carbonyl (C=O) groups excluding carboxylic acids is 1. The van der Waals surface area contributed by atoms with Gasteiger partial charge in [-0.05, 0) is 0 Å². The van der Waals surface area contributed by atoms with Gasteiger partial charge in [-0.25, -0.2) is 10.3 Å². The van der Waals surface area contributed by atoms with E-state index in [-0.39, 0.29) is 0 Å². The molecule has 0 bridgehead atoms. The first-order valence-electron chi connectivity index (χ1n) is 5.83. The molecule has 2 rings (SSSR count). The number of hydrogen-bond acceptors (Lipinski definition) is 8. The van der Waals surface area contributed by atoms with Crippen molar-refractivity contribution in [2.75, 3.05) is 6.61 Å². The standard InChI is InChI=1S/C10H13N3O8/c14-2-4-5(15)6(16)9(21-4)13-1-3(8(18)12-20)7(17)11-10(13)19/h1,4-6,9,14-16,20H,2H2,(H,12,18)(H,11,17,19)/t4-,5-,6-,9-/m1/s1. The number of carbonyl (C=O) groups is 1. The van der Waals surface area contributed by atoms with E-state index in [4.69, 9.17) is 15.1 Å². The maximum absolute atomic E-state index is 11.7. The second-order valence-electron chi connectivity index (χ2n) is 4.38. The molecule has 1 aromatic heterocycles. The van der Waals surface area contributed by atoms with E-state index in [1.54, 1.807) is 0 Å². The van der Waals surface area contributed by atoms with Crippen molar-refractivity contribution >= 4 is 5.91 Å². The number of aliphatic hydroxyl groups excluding tert-OH is 3. The number of nitrogens with one attached hydrogen (secondary N) is 2. The largest absolute Gasteiger partial charge is 0.394 e. The van der Waals surface area contributed by atoms with Gasteiger partial charge in [0.15, 0.2) is 6.23 Å². The first kappa shape index (κ1) is 15.3. The van der Waals surface area contributed by atoms with Crippen molar-refractivity contribution < 1.29 is 30.1 Å². The van der Waals surface area contributed by atoms with Crippen LogP contribution in [-0.2, 0) is 4.74 Å². The number of rotatable bonds is 3. The third-order valence-corrected chi connectivity index (χ3v) is 3.11. The fraction of sp³-hybridized carbons (Fsp3) is 0.500. The minimum Gasteiger partial charge on any atom is -0.394 e. The molecule has 1 amide bonds. The Labute approximate surface area is 116 Å². The van der Waals surface area contributed by atoms with Gasteiger partial charge in [0.2, 0.25) is 0 Å². The molecule has 0 saturated carbocycles. The second kappa shape index (κ2) is 5.75. The fourth-order valence-electron chi connectivity index (χ4n) is 2.01. The lowest BCUT2D eigenvalue weighted by Gasteiger charge is -2.17. The van der Waals surface area contributed by atoms with E-state index in [0.29, 0.717) is 4.57 Å². The van der Waals surface area contributed by atoms with Crippen LogP contribution in [0.2, 0.25) is 0 Å². The zero-order valence-corrected chi connectivity index (χ0v) is 10.5. The number of aromatic nitrogens is 2. The van der Waals surface area contributed by atoms with Gasteiger partial charge in [-0.15, -0.1) is 0 Å². The van der Waals surface area contributed by atoms with Crippen LogP contribution >= 0.6 is 0 Å². The van der Waals surface area contributed by atoms with E-state index in [1.807, 2.05) is 4.98 Å². The van der Waals surface area contributed by atoms with Gasteiger partial charge in [0.05, 0.1) is 6.61 Å². The summed E-state index contributed by atoms with van der Waals surface area (Å²) in [5, 5.41) is 36.9. The van der Waals surface area contributed by atoms with E-state index in [2.05, 4.69) is 0 Å². The number of aliphatic hydroxyl groups is 3. The molecule has 1 aromatic rings. The van der Waals surface area contributed by atoms with Gasteiger partial charge in [-0.3, -0.25) is 24.3 Å². The highest BCUT2D eigenvalue weighted by molar-refractivity contribution is 5.92. The molecule has 6 N–H and O–H groups in total. The highest BCUT2D eigenvalue weighted by Gasteiger charge is 2.44. The van der Waals surface area contributed by atoms with E-state index >= 15 is 0 Å². The Morgan fingerprint density at radius 2 is 2.05 bits per heavy atom. The van der Waals surface area contributed by atoms with Crippen LogP contribution in [0.5, 0.6) is 0 Å². The highest BCUT2D eigenvalue weighted by atomic mass is 16.6. The van der Waals surface area contributed by atoms with Crippen molar-refractivity contribution in [1.29, 1.82) is 0 Å². The second-order valence-corrected chi connectivity index (χ2v) is 4.38. The number of ether oxygens (including phenoxy) is 1. The van der Waals surface area contributed by atoms with Crippen LogP contribution in [0.15, 0.2) is 15.8 Å². The first-order chi connectivity index (χ1) is 9.90. The number of hydroxylamine groups is 1. The molecular weight excluding hydrogens is 290 g/mol. The normalized spacial score (nSPS) is 28.6. The maximum atomic E-state index is 11.7. The first-order valence-corrected chi connectivity index (χ1v) is 5.83. The molecular formula is C10H13N3O8. The Kier molecular flexibility index (Phi) is 4.20. The summed E-state index contributed by atoms with van der Waals surface area (Å²) in [5.41, 5.74) is -1.41. The molecule has 4 atom stereocenters. The lowest BCUT2D eigenvalue weighted by Crippen LogP contribution is -2.40. The Hall–Kier alpha value is -2.05. The molecule has 0 spiro atoms. The number of nitrogens with zero attached hydrogens (tertiary/aromatic N) is 1. The molecule has 1 aliphatic heterocycles. The van der Waals surface area contributed by atoms with Crippen LogP contribution in [0.25, 0.3) is 0 Å². The molecule has 0 radical (unpaired) electrons. The summed E-state index contributed by atoms with van der Waals surface area (Å²) in [4.78, 5) is 36.3. The summed E-state index contributed by atoms with van der Waals surface area (Å²) in [6.45, 7) is -0.600. The number of aromatic amines is 1. The number of amides is 1. The van der Waals surface area contributed by atoms with Gasteiger partial charge in [0, 0.05) is 6.20 Å². The van der Waals surface area contributed by atoms with Gasteiger partial charge in [-0.1, -0.05) is 0 Å². The van der Waals surface area contributed by atoms with E-state index in [0.717, 1.165) is 6.20 Å². The maximum Gasteiger partial charge on any atom is 0.330 e. The average Bonchev–Trinajstić information content (AvgIpc) is 2.74. The van der Waals surface area contributed by atoms with Crippen molar-refractivity contribution in [1.82, 2.24) is 15.0 Å². The van der Waals surface area contributed by atoms with Crippen LogP contribution in [0.4, 0.5) is 0 Å². The summed E-state index contributed by atoms with van der Waals surface area (Å²) < 4.78 is 5.78. The Balaban J connectivity index is 2.47. The Morgan fingerprint density at radius 3 is 2.57 bits per heavy atom. The molecule has 11 heteroatoms. The smallest absolute Gasteiger partial charge is 0.330 e. The van der Waals surface area contributed by atoms with Crippen molar-refractivity contribution in [3.8, 4) is 0 Å². The zero-order valence-electron chi connectivity index (χ0n) is 10.5. The quantitative estimate of drug-likeness (QED) is 0.244. The summed E-state index contributed by atoms with van der Waals surface area (Å²) in [6, 6.07) is 0. The predicted octanol–water partition coefficient (Wildman–Crippen LogP) is -3.73. The lowest BCUT2D eigenvalue weighted by molar-refractivity contribution is -0.0551. The molecule has 1 saturated heterocycles. The fourth-order valence-corrected chi connectivity index (χ4v) is 2.01. The molecule has 0 aromatic carbocycles. The lowest BCUT2D eigenvalue weighted by atomic mass is 10.1. The third kappa shape index (κ3) is 2.59. The molecule has 0 unspecified atom stereocenters. The minimum atomic E-state index is -1.56. The van der Waals surface area contributed by atoms with Crippen LogP contribution in [-0.4, -0.2) is 60.9 Å². The minimum absolute atomic E-state index is 0.600.